The minimum absolute atomic E-state index is 0.759. The van der Waals surface area contributed by atoms with Crippen molar-refractivity contribution < 1.29 is 0 Å². The topological polar surface area (TPSA) is 12.0 Å². The molecule has 0 spiro atoms. The van der Waals surface area contributed by atoms with E-state index in [9.17, 15) is 0 Å². The van der Waals surface area contributed by atoms with E-state index in [4.69, 9.17) is 0 Å². The summed E-state index contributed by atoms with van der Waals surface area (Å²) in [5.41, 5.74) is 0. The maximum Gasteiger partial charge on any atom is 0.0158 e. The van der Waals surface area contributed by atoms with Crippen LogP contribution >= 0.6 is 11.8 Å². The van der Waals surface area contributed by atoms with Crippen LogP contribution in [-0.4, -0.2) is 24.1 Å². The van der Waals surface area contributed by atoms with Gasteiger partial charge < -0.3 is 5.32 Å². The third kappa shape index (κ3) is 2.16. The van der Waals surface area contributed by atoms with Gasteiger partial charge in [0.05, 0.1) is 0 Å². The molecule has 0 amide bonds. The average molecular weight is 253 g/mol. The summed E-state index contributed by atoms with van der Waals surface area (Å²) < 4.78 is 0. The number of rotatable bonds is 5. The average Bonchev–Trinajstić information content (AvgIpc) is 2.99. The molecule has 17 heavy (non-hydrogen) atoms. The monoisotopic (exact) mass is 253 g/mol. The number of nitrogens with one attached hydrogen (secondary N) is 1. The highest BCUT2D eigenvalue weighted by Crippen LogP contribution is 2.58. The molecule has 1 N–H and O–H groups in total. The molecule has 2 heteroatoms. The molecule has 1 nitrogen and oxygen atoms in total. The van der Waals surface area contributed by atoms with Gasteiger partial charge >= 0.3 is 0 Å². The molecule has 0 aromatic heterocycles. The SMILES string of the molecule is CCC(CSC)NC1CC2CC1C1CCCC21. The van der Waals surface area contributed by atoms with Gasteiger partial charge in [0, 0.05) is 17.8 Å². The first-order valence-electron chi connectivity index (χ1n) is 7.58. The van der Waals surface area contributed by atoms with E-state index in [1.54, 1.807) is 19.3 Å². The highest BCUT2D eigenvalue weighted by molar-refractivity contribution is 7.98. The first-order valence-corrected chi connectivity index (χ1v) is 8.97. The van der Waals surface area contributed by atoms with Gasteiger partial charge in [-0.15, -0.1) is 0 Å². The number of hydrogen-bond acceptors (Lipinski definition) is 2. The van der Waals surface area contributed by atoms with E-state index < -0.39 is 0 Å². The number of hydrogen-bond donors (Lipinski definition) is 1. The molecular formula is C15H27NS. The van der Waals surface area contributed by atoms with E-state index in [0.717, 1.165) is 35.8 Å². The fourth-order valence-electron chi connectivity index (χ4n) is 5.05. The molecule has 3 aliphatic carbocycles. The van der Waals surface area contributed by atoms with Gasteiger partial charge in [-0.05, 0) is 62.0 Å². The lowest BCUT2D eigenvalue weighted by Crippen LogP contribution is -2.45. The molecule has 2 bridgehead atoms. The summed E-state index contributed by atoms with van der Waals surface area (Å²) >= 11 is 1.99. The van der Waals surface area contributed by atoms with E-state index >= 15 is 0 Å². The molecule has 0 heterocycles. The van der Waals surface area contributed by atoms with E-state index in [0.29, 0.717) is 0 Å². The van der Waals surface area contributed by atoms with Crippen molar-refractivity contribution in [2.75, 3.05) is 12.0 Å². The van der Waals surface area contributed by atoms with Crippen LogP contribution in [0.3, 0.4) is 0 Å². The van der Waals surface area contributed by atoms with E-state index in [1.165, 1.54) is 25.0 Å². The van der Waals surface area contributed by atoms with Crippen LogP contribution in [0.25, 0.3) is 0 Å². The second-order valence-electron chi connectivity index (χ2n) is 6.49. The Bertz CT molecular complexity index is 268. The zero-order chi connectivity index (χ0) is 11.8. The van der Waals surface area contributed by atoms with Gasteiger partial charge in [-0.2, -0.15) is 11.8 Å². The molecule has 3 rings (SSSR count). The van der Waals surface area contributed by atoms with Crippen molar-refractivity contribution >= 4 is 11.8 Å². The van der Waals surface area contributed by atoms with Crippen molar-refractivity contribution in [3.05, 3.63) is 0 Å². The Morgan fingerprint density at radius 3 is 2.76 bits per heavy atom. The Hall–Kier alpha value is 0.310. The lowest BCUT2D eigenvalue weighted by molar-refractivity contribution is 0.199. The predicted molar refractivity (Wildman–Crippen MR) is 76.4 cm³/mol. The lowest BCUT2D eigenvalue weighted by Gasteiger charge is -2.34. The second-order valence-corrected chi connectivity index (χ2v) is 7.40. The largest absolute Gasteiger partial charge is 0.310 e. The minimum Gasteiger partial charge on any atom is -0.310 e. The van der Waals surface area contributed by atoms with Gasteiger partial charge in [0.15, 0.2) is 0 Å². The van der Waals surface area contributed by atoms with Crippen molar-refractivity contribution in [3.8, 4) is 0 Å². The molecule has 98 valence electrons. The molecule has 0 aliphatic heterocycles. The Kier molecular flexibility index (Phi) is 3.72. The highest BCUT2D eigenvalue weighted by atomic mass is 32.2. The quantitative estimate of drug-likeness (QED) is 0.804. The molecule has 0 radical (unpaired) electrons. The fourth-order valence-corrected chi connectivity index (χ4v) is 5.78. The summed E-state index contributed by atoms with van der Waals surface area (Å²) in [5, 5.41) is 3.99. The Balaban J connectivity index is 1.59. The normalized spacial score (nSPS) is 45.2. The van der Waals surface area contributed by atoms with Gasteiger partial charge in [-0.25, -0.2) is 0 Å². The summed E-state index contributed by atoms with van der Waals surface area (Å²) in [6.07, 6.45) is 11.2. The Labute approximate surface area is 111 Å². The first-order chi connectivity index (χ1) is 8.33. The lowest BCUT2D eigenvalue weighted by atomic mass is 9.79. The molecule has 0 aromatic carbocycles. The van der Waals surface area contributed by atoms with Gasteiger partial charge in [0.1, 0.15) is 0 Å². The molecule has 6 atom stereocenters. The van der Waals surface area contributed by atoms with E-state index in [1.807, 2.05) is 11.8 Å². The summed E-state index contributed by atoms with van der Waals surface area (Å²) in [5.74, 6) is 5.68. The van der Waals surface area contributed by atoms with Crippen molar-refractivity contribution in [2.45, 2.75) is 57.5 Å². The molecule has 3 aliphatic rings. The standard InChI is InChI=1S/C15H27NS/c1-3-11(9-17-2)16-15-8-10-7-14(15)13-6-4-5-12(10)13/h10-16H,3-9H2,1-2H3. The zero-order valence-electron chi connectivity index (χ0n) is 11.3. The van der Waals surface area contributed by atoms with Crippen LogP contribution in [0.1, 0.15) is 45.4 Å². The van der Waals surface area contributed by atoms with Crippen LogP contribution in [0.5, 0.6) is 0 Å². The maximum atomic E-state index is 3.99. The van der Waals surface area contributed by atoms with Crippen molar-refractivity contribution in [3.63, 3.8) is 0 Å². The first kappa shape index (κ1) is 12.3. The molecule has 3 fully saturated rings. The highest BCUT2D eigenvalue weighted by Gasteiger charge is 2.53. The van der Waals surface area contributed by atoms with Crippen LogP contribution in [0.4, 0.5) is 0 Å². The van der Waals surface area contributed by atoms with Crippen LogP contribution in [0.2, 0.25) is 0 Å². The second kappa shape index (κ2) is 5.13. The summed E-state index contributed by atoms with van der Waals surface area (Å²) in [4.78, 5) is 0. The third-order valence-electron chi connectivity index (χ3n) is 5.74. The minimum atomic E-state index is 0.759. The van der Waals surface area contributed by atoms with Gasteiger partial charge in [-0.3, -0.25) is 0 Å². The van der Waals surface area contributed by atoms with Crippen LogP contribution in [0.15, 0.2) is 0 Å². The number of fused-ring (bicyclic) bond motifs is 5. The molecular weight excluding hydrogens is 226 g/mol. The fraction of sp³-hybridized carbons (Fsp3) is 1.00. The van der Waals surface area contributed by atoms with E-state index in [-0.39, 0.29) is 0 Å². The van der Waals surface area contributed by atoms with Gasteiger partial charge in [-0.1, -0.05) is 13.3 Å². The van der Waals surface area contributed by atoms with E-state index in [2.05, 4.69) is 18.5 Å². The molecule has 0 aromatic rings. The van der Waals surface area contributed by atoms with Crippen LogP contribution < -0.4 is 5.32 Å². The van der Waals surface area contributed by atoms with Crippen molar-refractivity contribution in [1.29, 1.82) is 0 Å². The third-order valence-corrected chi connectivity index (χ3v) is 6.47. The van der Waals surface area contributed by atoms with Crippen LogP contribution in [-0.2, 0) is 0 Å². The zero-order valence-corrected chi connectivity index (χ0v) is 12.1. The van der Waals surface area contributed by atoms with Crippen molar-refractivity contribution in [1.82, 2.24) is 5.32 Å². The maximum absolute atomic E-state index is 3.99. The molecule has 3 saturated carbocycles. The van der Waals surface area contributed by atoms with Gasteiger partial charge in [0.25, 0.3) is 0 Å². The Morgan fingerprint density at radius 1 is 1.18 bits per heavy atom. The Morgan fingerprint density at radius 2 is 2.00 bits per heavy atom. The summed E-state index contributed by atoms with van der Waals surface area (Å²) in [7, 11) is 0. The predicted octanol–water partition coefficient (Wildman–Crippen LogP) is 3.54. The summed E-state index contributed by atoms with van der Waals surface area (Å²) in [6, 6.07) is 1.63. The molecule has 0 saturated heterocycles. The molecule has 6 unspecified atom stereocenters. The smallest absolute Gasteiger partial charge is 0.0158 e. The summed E-state index contributed by atoms with van der Waals surface area (Å²) in [6.45, 7) is 2.33. The van der Waals surface area contributed by atoms with Crippen LogP contribution in [0, 0.1) is 23.7 Å². The van der Waals surface area contributed by atoms with Crippen molar-refractivity contribution in [2.24, 2.45) is 23.7 Å². The number of thioether (sulfide) groups is 1. The van der Waals surface area contributed by atoms with Gasteiger partial charge in [0.2, 0.25) is 0 Å².